The maximum absolute atomic E-state index is 10.8. The van der Waals surface area contributed by atoms with Gasteiger partial charge in [0.2, 0.25) is 5.88 Å². The lowest BCUT2D eigenvalue weighted by Gasteiger charge is -2.12. The van der Waals surface area contributed by atoms with Gasteiger partial charge in [-0.2, -0.15) is 4.98 Å². The number of nitro groups is 1. The maximum Gasteiger partial charge on any atom is 0.273 e. The van der Waals surface area contributed by atoms with Gasteiger partial charge in [0.1, 0.15) is 11.6 Å². The van der Waals surface area contributed by atoms with E-state index in [0.29, 0.717) is 23.0 Å². The maximum atomic E-state index is 10.8. The van der Waals surface area contributed by atoms with Gasteiger partial charge in [-0.1, -0.05) is 0 Å². The summed E-state index contributed by atoms with van der Waals surface area (Å²) < 4.78 is 10.8. The summed E-state index contributed by atoms with van der Waals surface area (Å²) in [5.74, 6) is 1.61. The summed E-state index contributed by atoms with van der Waals surface area (Å²) in [6.45, 7) is 3.41. The minimum absolute atomic E-state index is 0.0886. The molecule has 0 fully saturated rings. The summed E-state index contributed by atoms with van der Waals surface area (Å²) in [5, 5.41) is 10.8. The topological polar surface area (TPSA) is 113 Å². The van der Waals surface area contributed by atoms with Gasteiger partial charge in [0.05, 0.1) is 23.7 Å². The Labute approximate surface area is 120 Å². The van der Waals surface area contributed by atoms with E-state index in [0.717, 1.165) is 0 Å². The lowest BCUT2D eigenvalue weighted by molar-refractivity contribution is -0.384. The molecule has 0 aliphatic rings. The van der Waals surface area contributed by atoms with Crippen LogP contribution in [-0.4, -0.2) is 22.0 Å². The average molecular weight is 290 g/mol. The van der Waals surface area contributed by atoms with Crippen molar-refractivity contribution in [1.82, 2.24) is 9.97 Å². The zero-order chi connectivity index (χ0) is 15.6. The lowest BCUT2D eigenvalue weighted by atomic mass is 10.2. The van der Waals surface area contributed by atoms with Crippen molar-refractivity contribution in [1.29, 1.82) is 0 Å². The molecule has 0 saturated carbocycles. The van der Waals surface area contributed by atoms with Crippen LogP contribution in [0.25, 0.3) is 0 Å². The lowest BCUT2D eigenvalue weighted by Crippen LogP contribution is -2.03. The van der Waals surface area contributed by atoms with E-state index >= 15 is 0 Å². The number of nitrogen functional groups attached to an aromatic ring is 1. The Hall–Kier alpha value is -2.90. The zero-order valence-corrected chi connectivity index (χ0v) is 11.8. The van der Waals surface area contributed by atoms with Crippen LogP contribution in [0, 0.1) is 24.0 Å². The van der Waals surface area contributed by atoms with Crippen molar-refractivity contribution in [3.63, 3.8) is 0 Å². The predicted molar refractivity (Wildman–Crippen MR) is 75.6 cm³/mol. The highest BCUT2D eigenvalue weighted by Crippen LogP contribution is 2.35. The molecule has 0 spiro atoms. The first-order valence-electron chi connectivity index (χ1n) is 6.03. The number of rotatable bonds is 4. The summed E-state index contributed by atoms with van der Waals surface area (Å²) in [6.07, 6.45) is 0. The van der Waals surface area contributed by atoms with Crippen LogP contribution in [0.15, 0.2) is 18.2 Å². The minimum atomic E-state index is -0.510. The van der Waals surface area contributed by atoms with E-state index in [1.807, 2.05) is 0 Å². The fraction of sp³-hybridized carbons (Fsp3) is 0.231. The molecule has 21 heavy (non-hydrogen) atoms. The van der Waals surface area contributed by atoms with E-state index in [1.54, 1.807) is 13.8 Å². The van der Waals surface area contributed by atoms with E-state index in [4.69, 9.17) is 15.2 Å². The van der Waals surface area contributed by atoms with Gasteiger partial charge in [-0.05, 0) is 19.9 Å². The highest BCUT2D eigenvalue weighted by molar-refractivity contribution is 5.52. The Morgan fingerprint density at radius 2 is 1.95 bits per heavy atom. The molecule has 2 aromatic rings. The second kappa shape index (κ2) is 5.61. The molecule has 0 atom stereocenters. The summed E-state index contributed by atoms with van der Waals surface area (Å²) in [5.41, 5.74) is 6.25. The van der Waals surface area contributed by atoms with Crippen LogP contribution in [0.3, 0.4) is 0 Å². The molecule has 0 bridgehead atoms. The molecule has 8 nitrogen and oxygen atoms in total. The second-order valence-corrected chi connectivity index (χ2v) is 4.28. The molecule has 1 heterocycles. The highest BCUT2D eigenvalue weighted by Gasteiger charge is 2.15. The van der Waals surface area contributed by atoms with Crippen molar-refractivity contribution in [2.45, 2.75) is 13.8 Å². The van der Waals surface area contributed by atoms with Gasteiger partial charge in [-0.3, -0.25) is 10.1 Å². The average Bonchev–Trinajstić information content (AvgIpc) is 2.44. The summed E-state index contributed by atoms with van der Waals surface area (Å²) >= 11 is 0. The molecule has 0 unspecified atom stereocenters. The van der Waals surface area contributed by atoms with Crippen molar-refractivity contribution in [2.24, 2.45) is 0 Å². The number of benzene rings is 1. The van der Waals surface area contributed by atoms with Gasteiger partial charge in [-0.25, -0.2) is 4.98 Å². The van der Waals surface area contributed by atoms with Gasteiger partial charge < -0.3 is 15.2 Å². The van der Waals surface area contributed by atoms with Crippen LogP contribution in [0.4, 0.5) is 11.5 Å². The van der Waals surface area contributed by atoms with Gasteiger partial charge in [0, 0.05) is 6.07 Å². The Morgan fingerprint density at radius 1 is 1.24 bits per heavy atom. The normalized spacial score (nSPS) is 10.2. The third-order valence-corrected chi connectivity index (χ3v) is 2.82. The first-order chi connectivity index (χ1) is 9.92. The fourth-order valence-corrected chi connectivity index (χ4v) is 1.68. The molecule has 8 heteroatoms. The van der Waals surface area contributed by atoms with Crippen LogP contribution in [0.2, 0.25) is 0 Å². The predicted octanol–water partition coefficient (Wildman–Crippen LogP) is 2.38. The highest BCUT2D eigenvalue weighted by atomic mass is 16.6. The van der Waals surface area contributed by atoms with Crippen molar-refractivity contribution < 1.29 is 14.4 Å². The Morgan fingerprint density at radius 3 is 2.57 bits per heavy atom. The van der Waals surface area contributed by atoms with E-state index in [2.05, 4.69) is 9.97 Å². The zero-order valence-electron chi connectivity index (χ0n) is 11.8. The standard InChI is InChI=1S/C13H14N4O4/c1-7-12(14)15-8(2)16-13(7)21-10-5-4-9(17(18)19)6-11(10)20-3/h4-6H,1-3H3,(H2,14,15,16). The molecule has 0 saturated heterocycles. The smallest absolute Gasteiger partial charge is 0.273 e. The van der Waals surface area contributed by atoms with Crippen LogP contribution in [0.5, 0.6) is 17.4 Å². The number of non-ortho nitro benzene ring substituents is 1. The third kappa shape index (κ3) is 2.99. The molecule has 110 valence electrons. The van der Waals surface area contributed by atoms with Crippen LogP contribution in [-0.2, 0) is 0 Å². The van der Waals surface area contributed by atoms with Gasteiger partial charge >= 0.3 is 0 Å². The number of hydrogen-bond donors (Lipinski definition) is 1. The molecular formula is C13H14N4O4. The Bertz CT molecular complexity index is 703. The Kier molecular flexibility index (Phi) is 3.88. The summed E-state index contributed by atoms with van der Waals surface area (Å²) in [4.78, 5) is 18.4. The second-order valence-electron chi connectivity index (χ2n) is 4.28. The summed E-state index contributed by atoms with van der Waals surface area (Å²) in [6, 6.07) is 4.05. The largest absolute Gasteiger partial charge is 0.493 e. The van der Waals surface area contributed by atoms with E-state index in [-0.39, 0.29) is 17.3 Å². The van der Waals surface area contributed by atoms with Crippen LogP contribution >= 0.6 is 0 Å². The third-order valence-electron chi connectivity index (χ3n) is 2.82. The molecule has 2 rings (SSSR count). The SMILES string of the molecule is COc1cc([N+](=O)[O-])ccc1Oc1nc(C)nc(N)c1C. The van der Waals surface area contributed by atoms with Crippen molar-refractivity contribution >= 4 is 11.5 Å². The molecular weight excluding hydrogens is 276 g/mol. The van der Waals surface area contributed by atoms with Crippen LogP contribution in [0.1, 0.15) is 11.4 Å². The van der Waals surface area contributed by atoms with Gasteiger partial charge in [-0.15, -0.1) is 0 Å². The first-order valence-corrected chi connectivity index (χ1v) is 6.03. The van der Waals surface area contributed by atoms with Gasteiger partial charge in [0.25, 0.3) is 5.69 Å². The van der Waals surface area contributed by atoms with E-state index < -0.39 is 4.92 Å². The number of nitro benzene ring substituents is 1. The molecule has 0 aliphatic heterocycles. The number of nitrogens with two attached hydrogens (primary N) is 1. The molecule has 0 amide bonds. The molecule has 1 aromatic carbocycles. The first kappa shape index (κ1) is 14.5. The Balaban J connectivity index is 2.42. The quantitative estimate of drug-likeness (QED) is 0.679. The van der Waals surface area contributed by atoms with Gasteiger partial charge in [0.15, 0.2) is 11.5 Å². The van der Waals surface area contributed by atoms with E-state index in [9.17, 15) is 10.1 Å². The fourth-order valence-electron chi connectivity index (χ4n) is 1.68. The van der Waals surface area contributed by atoms with Crippen molar-refractivity contribution in [2.75, 3.05) is 12.8 Å². The monoisotopic (exact) mass is 290 g/mol. The number of nitrogens with zero attached hydrogens (tertiary/aromatic N) is 3. The number of methoxy groups -OCH3 is 1. The number of aryl methyl sites for hydroxylation is 1. The number of ether oxygens (including phenoxy) is 2. The molecule has 2 N–H and O–H groups in total. The van der Waals surface area contributed by atoms with E-state index in [1.165, 1.54) is 25.3 Å². The number of hydrogen-bond acceptors (Lipinski definition) is 7. The van der Waals surface area contributed by atoms with Crippen molar-refractivity contribution in [3.8, 4) is 17.4 Å². The summed E-state index contributed by atoms with van der Waals surface area (Å²) in [7, 11) is 1.40. The molecule has 0 aliphatic carbocycles. The molecule has 0 radical (unpaired) electrons. The number of anilines is 1. The minimum Gasteiger partial charge on any atom is -0.493 e. The number of aromatic nitrogens is 2. The van der Waals surface area contributed by atoms with Crippen LogP contribution < -0.4 is 15.2 Å². The molecule has 1 aromatic heterocycles. The van der Waals surface area contributed by atoms with Crippen molar-refractivity contribution in [3.05, 3.63) is 39.7 Å².